The topological polar surface area (TPSA) is 66.0 Å². The van der Waals surface area contributed by atoms with Crippen molar-refractivity contribution in [3.63, 3.8) is 0 Å². The summed E-state index contributed by atoms with van der Waals surface area (Å²) in [5.74, 6) is -1.89. The second kappa shape index (κ2) is 6.62. The van der Waals surface area contributed by atoms with E-state index in [1.807, 2.05) is 6.92 Å². The minimum atomic E-state index is -0.739. The zero-order chi connectivity index (χ0) is 15.4. The van der Waals surface area contributed by atoms with Gasteiger partial charge in [-0.1, -0.05) is 12.1 Å². The van der Waals surface area contributed by atoms with E-state index in [0.29, 0.717) is 17.7 Å². The average molecular weight is 296 g/mol. The number of rotatable bonds is 6. The van der Waals surface area contributed by atoms with Crippen molar-refractivity contribution in [2.45, 2.75) is 32.4 Å². The van der Waals surface area contributed by atoms with E-state index in [-0.39, 0.29) is 12.6 Å². The molecular weight excluding hydrogens is 278 g/mol. The molecule has 0 spiro atoms. The predicted octanol–water partition coefficient (Wildman–Crippen LogP) is 1.95. The number of hydrogen-bond donors (Lipinski definition) is 1. The lowest BCUT2D eigenvalue weighted by atomic mass is 10.0. The van der Waals surface area contributed by atoms with Gasteiger partial charge in [-0.3, -0.25) is 4.68 Å². The van der Waals surface area contributed by atoms with E-state index in [0.717, 1.165) is 6.42 Å². The molecule has 2 rings (SSSR count). The first-order valence-corrected chi connectivity index (χ1v) is 6.71. The van der Waals surface area contributed by atoms with Gasteiger partial charge < -0.3 is 10.5 Å². The minimum absolute atomic E-state index is 0.0461. The molecule has 0 saturated heterocycles. The van der Waals surface area contributed by atoms with Crippen molar-refractivity contribution in [3.05, 3.63) is 41.2 Å². The van der Waals surface area contributed by atoms with Crippen LogP contribution in [0.1, 0.15) is 24.6 Å². The molecule has 0 aliphatic heterocycles. The highest BCUT2D eigenvalue weighted by Gasteiger charge is 2.14. The van der Waals surface area contributed by atoms with Gasteiger partial charge in [-0.25, -0.2) is 8.78 Å². The number of ether oxygens (including phenoxy) is 1. The molecule has 0 bridgehead atoms. The maximum Gasteiger partial charge on any atom is 0.191 e. The van der Waals surface area contributed by atoms with Crippen molar-refractivity contribution in [1.29, 1.82) is 0 Å². The van der Waals surface area contributed by atoms with Crippen LogP contribution in [-0.2, 0) is 20.1 Å². The quantitative estimate of drug-likeness (QED) is 0.885. The van der Waals surface area contributed by atoms with Gasteiger partial charge >= 0.3 is 0 Å². The molecular formula is C14H18F2N4O. The Bertz CT molecular complexity index is 592. The van der Waals surface area contributed by atoms with Crippen LogP contribution in [-0.4, -0.2) is 21.0 Å². The van der Waals surface area contributed by atoms with Gasteiger partial charge in [0, 0.05) is 13.1 Å². The number of aromatic nitrogens is 3. The molecule has 1 unspecified atom stereocenters. The van der Waals surface area contributed by atoms with Gasteiger partial charge in [0.05, 0.1) is 6.20 Å². The molecule has 1 aromatic carbocycles. The zero-order valence-corrected chi connectivity index (χ0v) is 12.0. The van der Waals surface area contributed by atoms with Crippen LogP contribution in [0.5, 0.6) is 5.75 Å². The van der Waals surface area contributed by atoms with E-state index in [4.69, 9.17) is 10.5 Å². The number of hydrogen-bond acceptors (Lipinski definition) is 4. The molecule has 0 saturated carbocycles. The zero-order valence-electron chi connectivity index (χ0n) is 12.0. The summed E-state index contributed by atoms with van der Waals surface area (Å²) >= 11 is 0. The van der Waals surface area contributed by atoms with Crippen molar-refractivity contribution in [1.82, 2.24) is 15.0 Å². The van der Waals surface area contributed by atoms with E-state index in [2.05, 4.69) is 10.3 Å². The summed E-state index contributed by atoms with van der Waals surface area (Å²) in [6.45, 7) is 1.88. The third-order valence-electron chi connectivity index (χ3n) is 3.09. The highest BCUT2D eigenvalue weighted by molar-refractivity contribution is 5.32. The Hall–Kier alpha value is -2.02. The monoisotopic (exact) mass is 296 g/mol. The number of aryl methyl sites for hydroxylation is 1. The standard InChI is InChI=1S/C14H18F2N4O/c1-3-10(17)4-9-5-12(15)14(13(16)6-9)21-8-11-7-20(2)19-18-11/h5-7,10H,3-4,8,17H2,1-2H3. The fourth-order valence-corrected chi connectivity index (χ4v) is 1.92. The Labute approximate surface area is 121 Å². The van der Waals surface area contributed by atoms with Crippen molar-refractivity contribution < 1.29 is 13.5 Å². The van der Waals surface area contributed by atoms with Crippen molar-refractivity contribution in [2.75, 3.05) is 0 Å². The summed E-state index contributed by atoms with van der Waals surface area (Å²) in [6, 6.07) is 2.39. The minimum Gasteiger partial charge on any atom is -0.481 e. The molecule has 0 aliphatic carbocycles. The highest BCUT2D eigenvalue weighted by atomic mass is 19.1. The Morgan fingerprint density at radius 1 is 1.33 bits per heavy atom. The Balaban J connectivity index is 2.09. The lowest BCUT2D eigenvalue weighted by Crippen LogP contribution is -2.21. The van der Waals surface area contributed by atoms with Gasteiger partial charge in [0.25, 0.3) is 0 Å². The molecule has 0 amide bonds. The smallest absolute Gasteiger partial charge is 0.191 e. The summed E-state index contributed by atoms with van der Waals surface area (Å²) in [7, 11) is 1.70. The molecule has 1 atom stereocenters. The summed E-state index contributed by atoms with van der Waals surface area (Å²) in [5, 5.41) is 7.50. The molecule has 0 aliphatic rings. The second-order valence-corrected chi connectivity index (χ2v) is 4.93. The highest BCUT2D eigenvalue weighted by Crippen LogP contribution is 2.24. The number of nitrogens with two attached hydrogens (primary N) is 1. The lowest BCUT2D eigenvalue weighted by Gasteiger charge is -2.11. The maximum absolute atomic E-state index is 13.9. The normalized spacial score (nSPS) is 12.4. The molecule has 114 valence electrons. The summed E-state index contributed by atoms with van der Waals surface area (Å²) in [5.41, 5.74) is 6.80. The largest absolute Gasteiger partial charge is 0.481 e. The van der Waals surface area contributed by atoms with E-state index in [1.165, 1.54) is 16.8 Å². The second-order valence-electron chi connectivity index (χ2n) is 4.93. The van der Waals surface area contributed by atoms with Crippen molar-refractivity contribution >= 4 is 0 Å². The summed E-state index contributed by atoms with van der Waals surface area (Å²) < 4.78 is 34.5. The molecule has 2 aromatic rings. The van der Waals surface area contributed by atoms with Gasteiger partial charge in [0.2, 0.25) is 0 Å². The molecule has 5 nitrogen and oxygen atoms in total. The van der Waals surface area contributed by atoms with E-state index in [9.17, 15) is 8.78 Å². The van der Waals surface area contributed by atoms with Crippen LogP contribution < -0.4 is 10.5 Å². The van der Waals surface area contributed by atoms with Crippen LogP contribution in [0.4, 0.5) is 8.78 Å². The third-order valence-corrected chi connectivity index (χ3v) is 3.09. The van der Waals surface area contributed by atoms with Gasteiger partial charge in [0.1, 0.15) is 12.3 Å². The summed E-state index contributed by atoms with van der Waals surface area (Å²) in [6.07, 6.45) is 2.79. The lowest BCUT2D eigenvalue weighted by molar-refractivity contribution is 0.269. The Morgan fingerprint density at radius 2 is 2.00 bits per heavy atom. The first-order valence-electron chi connectivity index (χ1n) is 6.71. The van der Waals surface area contributed by atoms with Crippen LogP contribution in [0.2, 0.25) is 0 Å². The van der Waals surface area contributed by atoms with Gasteiger partial charge in [-0.15, -0.1) is 5.10 Å². The Kier molecular flexibility index (Phi) is 4.85. The van der Waals surface area contributed by atoms with Gasteiger partial charge in [-0.05, 0) is 30.5 Å². The third kappa shape index (κ3) is 3.98. The van der Waals surface area contributed by atoms with Gasteiger partial charge in [0.15, 0.2) is 17.4 Å². The Morgan fingerprint density at radius 3 is 2.52 bits per heavy atom. The SMILES string of the molecule is CCC(N)Cc1cc(F)c(OCc2cn(C)nn2)c(F)c1. The predicted molar refractivity (Wildman–Crippen MR) is 73.7 cm³/mol. The molecule has 1 heterocycles. The fraction of sp³-hybridized carbons (Fsp3) is 0.429. The van der Waals surface area contributed by atoms with Crippen LogP contribution >= 0.6 is 0 Å². The first-order chi connectivity index (χ1) is 9.99. The number of benzene rings is 1. The van der Waals surface area contributed by atoms with Crippen molar-refractivity contribution in [3.8, 4) is 5.75 Å². The maximum atomic E-state index is 13.9. The molecule has 0 radical (unpaired) electrons. The molecule has 21 heavy (non-hydrogen) atoms. The number of nitrogens with zero attached hydrogens (tertiary/aromatic N) is 3. The fourth-order valence-electron chi connectivity index (χ4n) is 1.92. The van der Waals surface area contributed by atoms with Gasteiger partial charge in [-0.2, -0.15) is 0 Å². The molecule has 1 aromatic heterocycles. The molecule has 7 heteroatoms. The van der Waals surface area contributed by atoms with Crippen LogP contribution in [0.15, 0.2) is 18.3 Å². The average Bonchev–Trinajstić information content (AvgIpc) is 2.83. The number of halogens is 2. The molecule has 2 N–H and O–H groups in total. The van der Waals surface area contributed by atoms with E-state index >= 15 is 0 Å². The van der Waals surface area contributed by atoms with E-state index < -0.39 is 17.4 Å². The van der Waals surface area contributed by atoms with E-state index in [1.54, 1.807) is 13.2 Å². The van der Waals surface area contributed by atoms with Crippen molar-refractivity contribution in [2.24, 2.45) is 12.8 Å². The summed E-state index contributed by atoms with van der Waals surface area (Å²) in [4.78, 5) is 0. The van der Waals surface area contributed by atoms with Crippen LogP contribution in [0, 0.1) is 11.6 Å². The van der Waals surface area contributed by atoms with Crippen LogP contribution in [0.25, 0.3) is 0 Å². The van der Waals surface area contributed by atoms with Crippen LogP contribution in [0.3, 0.4) is 0 Å². The first kappa shape index (κ1) is 15.4. The molecule has 0 fully saturated rings.